The second-order valence-electron chi connectivity index (χ2n) is 6.00. The maximum absolute atomic E-state index is 10.7. The summed E-state index contributed by atoms with van der Waals surface area (Å²) in [6, 6.07) is 6.68. The monoisotopic (exact) mass is 462 g/mol. The lowest BCUT2D eigenvalue weighted by Crippen LogP contribution is -2.47. The molecule has 1 aromatic carbocycles. The Kier molecular flexibility index (Phi) is 9.73. The van der Waals surface area contributed by atoms with Gasteiger partial charge in [0.05, 0.1) is 23.6 Å². The van der Waals surface area contributed by atoms with Crippen molar-refractivity contribution < 1.29 is 9.66 Å². The predicted molar refractivity (Wildman–Crippen MR) is 110 cm³/mol. The minimum atomic E-state index is -0.397. The van der Waals surface area contributed by atoms with E-state index >= 15 is 0 Å². The van der Waals surface area contributed by atoms with Crippen molar-refractivity contribution in [3.8, 4) is 0 Å². The Balaban J connectivity index is 0.00000312. The zero-order valence-electron chi connectivity index (χ0n) is 14.7. The summed E-state index contributed by atoms with van der Waals surface area (Å²) < 4.78 is 5.71. The molecule has 1 aliphatic heterocycles. The third-order valence-corrected chi connectivity index (χ3v) is 4.00. The first-order valence-electron chi connectivity index (χ1n) is 8.50. The summed E-state index contributed by atoms with van der Waals surface area (Å²) in [4.78, 5) is 14.9. The lowest BCUT2D eigenvalue weighted by molar-refractivity contribution is -0.384. The quantitative estimate of drug-likeness (QED) is 0.214. The molecule has 1 aromatic rings. The highest BCUT2D eigenvalue weighted by atomic mass is 127. The highest BCUT2D eigenvalue weighted by Crippen LogP contribution is 2.15. The van der Waals surface area contributed by atoms with Gasteiger partial charge < -0.3 is 15.4 Å². The Hall–Kier alpha value is -1.42. The standard InChI is InChI=1S/C17H26N4O3.HI/c1-3-10-18-17(20-13(2)16-5-4-11-24-16)19-12-14-6-8-15(9-7-14)21(22)23;/h6-9,13,16H,3-5,10-12H2,1-2H3,(H2,18,19,20);1H. The molecule has 2 rings (SSSR count). The molecule has 7 nitrogen and oxygen atoms in total. The van der Waals surface area contributed by atoms with E-state index in [1.165, 1.54) is 12.1 Å². The summed E-state index contributed by atoms with van der Waals surface area (Å²) in [5.74, 6) is 0.748. The molecule has 0 amide bonds. The van der Waals surface area contributed by atoms with Gasteiger partial charge in [0.1, 0.15) is 0 Å². The number of non-ortho nitro benzene ring substituents is 1. The van der Waals surface area contributed by atoms with Crippen LogP contribution < -0.4 is 10.6 Å². The average Bonchev–Trinajstić information content (AvgIpc) is 3.12. The van der Waals surface area contributed by atoms with Crippen molar-refractivity contribution in [3.05, 3.63) is 39.9 Å². The Morgan fingerprint density at radius 1 is 1.44 bits per heavy atom. The summed E-state index contributed by atoms with van der Waals surface area (Å²) in [7, 11) is 0. The number of halogens is 1. The molecular formula is C17H27IN4O3. The minimum Gasteiger partial charge on any atom is -0.376 e. The second-order valence-corrected chi connectivity index (χ2v) is 6.00. The van der Waals surface area contributed by atoms with Gasteiger partial charge in [-0.15, -0.1) is 24.0 Å². The maximum Gasteiger partial charge on any atom is 0.269 e. The molecule has 0 radical (unpaired) electrons. The third-order valence-electron chi connectivity index (χ3n) is 4.00. The van der Waals surface area contributed by atoms with Gasteiger partial charge in [-0.1, -0.05) is 19.1 Å². The lowest BCUT2D eigenvalue weighted by atomic mass is 10.1. The van der Waals surface area contributed by atoms with Gasteiger partial charge in [-0.05, 0) is 31.7 Å². The largest absolute Gasteiger partial charge is 0.376 e. The molecule has 25 heavy (non-hydrogen) atoms. The van der Waals surface area contributed by atoms with Crippen molar-refractivity contribution in [2.24, 2.45) is 4.99 Å². The van der Waals surface area contributed by atoms with Crippen LogP contribution in [0.2, 0.25) is 0 Å². The predicted octanol–water partition coefficient (Wildman–Crippen LogP) is 3.23. The van der Waals surface area contributed by atoms with Crippen LogP contribution in [0.4, 0.5) is 5.69 Å². The number of hydrogen-bond donors (Lipinski definition) is 2. The Labute approximate surface area is 165 Å². The van der Waals surface area contributed by atoms with Gasteiger partial charge in [-0.25, -0.2) is 4.99 Å². The van der Waals surface area contributed by atoms with Crippen molar-refractivity contribution in [2.75, 3.05) is 13.2 Å². The van der Waals surface area contributed by atoms with Crippen molar-refractivity contribution in [1.29, 1.82) is 0 Å². The SMILES string of the molecule is CCCNC(=NCc1ccc([N+](=O)[O-])cc1)NC(C)C1CCCO1.I. The summed E-state index contributed by atoms with van der Waals surface area (Å²) in [6.45, 7) is 6.34. The molecule has 1 heterocycles. The second kappa shape index (κ2) is 11.2. The van der Waals surface area contributed by atoms with E-state index in [1.807, 2.05) is 0 Å². The number of ether oxygens (including phenoxy) is 1. The lowest BCUT2D eigenvalue weighted by Gasteiger charge is -2.22. The van der Waals surface area contributed by atoms with Crippen LogP contribution in [0.5, 0.6) is 0 Å². The first kappa shape index (κ1) is 21.6. The highest BCUT2D eigenvalue weighted by molar-refractivity contribution is 14.0. The molecular weight excluding hydrogens is 435 g/mol. The molecule has 8 heteroatoms. The first-order valence-corrected chi connectivity index (χ1v) is 8.50. The van der Waals surface area contributed by atoms with E-state index in [2.05, 4.69) is 29.5 Å². The molecule has 2 atom stereocenters. The fraction of sp³-hybridized carbons (Fsp3) is 0.588. The van der Waals surface area contributed by atoms with Gasteiger partial charge in [0.25, 0.3) is 5.69 Å². The zero-order chi connectivity index (χ0) is 17.4. The fourth-order valence-corrected chi connectivity index (χ4v) is 2.59. The van der Waals surface area contributed by atoms with Gasteiger partial charge in [0.15, 0.2) is 5.96 Å². The van der Waals surface area contributed by atoms with E-state index in [0.29, 0.717) is 6.54 Å². The van der Waals surface area contributed by atoms with Gasteiger partial charge in [-0.2, -0.15) is 0 Å². The molecule has 2 N–H and O–H groups in total. The van der Waals surface area contributed by atoms with E-state index in [0.717, 1.165) is 43.9 Å². The smallest absolute Gasteiger partial charge is 0.269 e. The summed E-state index contributed by atoms with van der Waals surface area (Å²) in [6.07, 6.45) is 3.40. The number of nitrogens with zero attached hydrogens (tertiary/aromatic N) is 2. The van der Waals surface area contributed by atoms with Crippen molar-refractivity contribution in [3.63, 3.8) is 0 Å². The third kappa shape index (κ3) is 7.15. The topological polar surface area (TPSA) is 88.8 Å². The number of benzene rings is 1. The Bertz CT molecular complexity index is 560. The van der Waals surface area contributed by atoms with Crippen LogP contribution >= 0.6 is 24.0 Å². The Morgan fingerprint density at radius 3 is 2.72 bits per heavy atom. The maximum atomic E-state index is 10.7. The van der Waals surface area contributed by atoms with E-state index in [1.54, 1.807) is 12.1 Å². The molecule has 0 aromatic heterocycles. The Morgan fingerprint density at radius 2 is 2.16 bits per heavy atom. The molecule has 1 saturated heterocycles. The average molecular weight is 462 g/mol. The minimum absolute atomic E-state index is 0. The van der Waals surface area contributed by atoms with E-state index < -0.39 is 4.92 Å². The molecule has 1 fully saturated rings. The van der Waals surface area contributed by atoms with E-state index in [-0.39, 0.29) is 41.8 Å². The molecule has 2 unspecified atom stereocenters. The van der Waals surface area contributed by atoms with Crippen molar-refractivity contribution >= 4 is 35.6 Å². The summed E-state index contributed by atoms with van der Waals surface area (Å²) >= 11 is 0. The number of rotatable bonds is 7. The van der Waals surface area contributed by atoms with Crippen LogP contribution in [-0.2, 0) is 11.3 Å². The fourth-order valence-electron chi connectivity index (χ4n) is 2.59. The van der Waals surface area contributed by atoms with Crippen molar-refractivity contribution in [2.45, 2.75) is 51.8 Å². The van der Waals surface area contributed by atoms with Crippen LogP contribution in [0.25, 0.3) is 0 Å². The van der Waals surface area contributed by atoms with Gasteiger partial charge in [-0.3, -0.25) is 10.1 Å². The molecule has 0 bridgehead atoms. The zero-order valence-corrected chi connectivity index (χ0v) is 17.1. The number of hydrogen-bond acceptors (Lipinski definition) is 4. The van der Waals surface area contributed by atoms with Crippen LogP contribution in [0.3, 0.4) is 0 Å². The van der Waals surface area contributed by atoms with Crippen LogP contribution in [0, 0.1) is 10.1 Å². The number of nitro benzene ring substituents is 1. The van der Waals surface area contributed by atoms with E-state index in [9.17, 15) is 10.1 Å². The normalized spacial score (nSPS) is 18.3. The van der Waals surface area contributed by atoms with Crippen molar-refractivity contribution in [1.82, 2.24) is 10.6 Å². The highest BCUT2D eigenvalue weighted by Gasteiger charge is 2.22. The van der Waals surface area contributed by atoms with Gasteiger partial charge in [0, 0.05) is 25.3 Å². The van der Waals surface area contributed by atoms with Crippen LogP contribution in [0.1, 0.15) is 38.7 Å². The van der Waals surface area contributed by atoms with Gasteiger partial charge in [0.2, 0.25) is 0 Å². The summed E-state index contributed by atoms with van der Waals surface area (Å²) in [5, 5.41) is 17.4. The number of aliphatic imine (C=N–C) groups is 1. The molecule has 0 saturated carbocycles. The number of nitro groups is 1. The molecule has 1 aliphatic rings. The first-order chi connectivity index (χ1) is 11.6. The number of nitrogens with one attached hydrogen (secondary N) is 2. The van der Waals surface area contributed by atoms with Crippen LogP contribution in [-0.4, -0.2) is 36.2 Å². The molecule has 0 aliphatic carbocycles. The van der Waals surface area contributed by atoms with E-state index in [4.69, 9.17) is 4.74 Å². The van der Waals surface area contributed by atoms with Crippen LogP contribution in [0.15, 0.2) is 29.3 Å². The van der Waals surface area contributed by atoms with Gasteiger partial charge >= 0.3 is 0 Å². The molecule has 140 valence electrons. The number of guanidine groups is 1. The summed E-state index contributed by atoms with van der Waals surface area (Å²) in [5.41, 5.74) is 1.03. The molecule has 0 spiro atoms.